The maximum Gasteiger partial charge on any atom is 0.292 e. The van der Waals surface area contributed by atoms with Gasteiger partial charge in [0.2, 0.25) is 5.91 Å². The molecule has 3 rings (SSSR count). The van der Waals surface area contributed by atoms with Crippen molar-refractivity contribution in [1.29, 1.82) is 0 Å². The quantitative estimate of drug-likeness (QED) is 0.576. The van der Waals surface area contributed by atoms with Gasteiger partial charge in [0.25, 0.3) is 11.5 Å². The number of nitrogens with zero attached hydrogens (tertiary/aromatic N) is 2. The van der Waals surface area contributed by atoms with E-state index in [-0.39, 0.29) is 41.1 Å². The molecule has 1 atom stereocenters. The molecule has 0 saturated heterocycles. The molecule has 1 N–H and O–H groups in total. The number of nitrogens with one attached hydrogen (secondary N) is 1. The molecule has 0 radical (unpaired) electrons. The Morgan fingerprint density at radius 1 is 1.03 bits per heavy atom. The zero-order valence-electron chi connectivity index (χ0n) is 19.3. The van der Waals surface area contributed by atoms with Gasteiger partial charge in [-0.05, 0) is 18.1 Å². The van der Waals surface area contributed by atoms with Gasteiger partial charge in [-0.1, -0.05) is 60.7 Å². The molecule has 0 spiro atoms. The molecule has 1 aromatic heterocycles. The Labute approximate surface area is 193 Å². The van der Waals surface area contributed by atoms with E-state index in [0.717, 1.165) is 11.1 Å². The van der Waals surface area contributed by atoms with Gasteiger partial charge in [-0.25, -0.2) is 0 Å². The number of pyridine rings is 1. The molecule has 2 aromatic carbocycles. The number of methoxy groups -OCH3 is 1. The number of ether oxygens (including phenoxy) is 1. The highest BCUT2D eigenvalue weighted by atomic mass is 16.5. The summed E-state index contributed by atoms with van der Waals surface area (Å²) in [5.41, 5.74) is 1.99. The topological polar surface area (TPSA) is 80.6 Å². The number of carbonyl (C=O) groups is 2. The van der Waals surface area contributed by atoms with Crippen molar-refractivity contribution in [2.24, 2.45) is 7.05 Å². The Morgan fingerprint density at radius 3 is 2.06 bits per heavy atom. The molecular weight excluding hydrogens is 418 g/mol. The number of aromatic nitrogens is 1. The largest absolute Gasteiger partial charge is 0.491 e. The number of likely N-dealkylation sites (N-methyl/N-ethyl adjacent to an activating group) is 1. The van der Waals surface area contributed by atoms with Crippen LogP contribution in [0.1, 0.15) is 34.3 Å². The lowest BCUT2D eigenvalue weighted by Crippen LogP contribution is -2.49. The first-order valence-electron chi connectivity index (χ1n) is 10.7. The zero-order chi connectivity index (χ0) is 24.0. The highest BCUT2D eigenvalue weighted by Crippen LogP contribution is 2.27. The highest BCUT2D eigenvalue weighted by molar-refractivity contribution is 5.97. The van der Waals surface area contributed by atoms with Crippen LogP contribution < -0.4 is 15.6 Å². The molecule has 7 heteroatoms. The van der Waals surface area contributed by atoms with Crippen molar-refractivity contribution in [3.05, 3.63) is 100.0 Å². The van der Waals surface area contributed by atoms with Crippen molar-refractivity contribution in [2.75, 3.05) is 20.7 Å². The number of hydrogen-bond donors (Lipinski definition) is 1. The fourth-order valence-corrected chi connectivity index (χ4v) is 3.85. The molecule has 0 aliphatic rings. The number of aryl methyl sites for hydroxylation is 1. The highest BCUT2D eigenvalue weighted by Gasteiger charge is 2.30. The fourth-order valence-electron chi connectivity index (χ4n) is 3.85. The van der Waals surface area contributed by atoms with E-state index in [2.05, 4.69) is 5.32 Å². The predicted molar refractivity (Wildman–Crippen MR) is 128 cm³/mol. The van der Waals surface area contributed by atoms with Crippen LogP contribution in [-0.2, 0) is 11.8 Å². The molecule has 33 heavy (non-hydrogen) atoms. The molecule has 1 heterocycles. The van der Waals surface area contributed by atoms with Crippen molar-refractivity contribution >= 4 is 11.8 Å². The van der Waals surface area contributed by atoms with Crippen LogP contribution in [0.2, 0.25) is 0 Å². The van der Waals surface area contributed by atoms with Gasteiger partial charge in [-0.2, -0.15) is 0 Å². The predicted octanol–water partition coefficient (Wildman–Crippen LogP) is 2.80. The lowest BCUT2D eigenvalue weighted by molar-refractivity contribution is -0.124. The maximum atomic E-state index is 13.7. The molecule has 0 aliphatic heterocycles. The number of hydrogen-bond acceptors (Lipinski definition) is 4. The number of carbonyl (C=O) groups excluding carboxylic acids is 2. The van der Waals surface area contributed by atoms with Crippen LogP contribution in [0.15, 0.2) is 77.7 Å². The summed E-state index contributed by atoms with van der Waals surface area (Å²) in [4.78, 5) is 40.1. The summed E-state index contributed by atoms with van der Waals surface area (Å²) in [6.45, 7) is 1.97. The van der Waals surface area contributed by atoms with Gasteiger partial charge in [0.05, 0.1) is 12.7 Å². The van der Waals surface area contributed by atoms with Crippen molar-refractivity contribution in [3.8, 4) is 5.75 Å². The smallest absolute Gasteiger partial charge is 0.292 e. The summed E-state index contributed by atoms with van der Waals surface area (Å²) >= 11 is 0. The molecule has 0 saturated carbocycles. The van der Waals surface area contributed by atoms with Gasteiger partial charge >= 0.3 is 0 Å². The van der Waals surface area contributed by atoms with E-state index in [1.807, 2.05) is 60.7 Å². The fraction of sp³-hybridized carbons (Fsp3) is 0.269. The van der Waals surface area contributed by atoms with Gasteiger partial charge < -0.3 is 19.5 Å². The summed E-state index contributed by atoms with van der Waals surface area (Å²) in [6.07, 6.45) is 1.47. The van der Waals surface area contributed by atoms with Crippen molar-refractivity contribution in [2.45, 2.75) is 18.9 Å². The third kappa shape index (κ3) is 5.31. The Kier molecular flexibility index (Phi) is 7.66. The van der Waals surface area contributed by atoms with E-state index in [0.29, 0.717) is 0 Å². The van der Waals surface area contributed by atoms with Crippen LogP contribution in [0.25, 0.3) is 0 Å². The Hall–Kier alpha value is -3.87. The van der Waals surface area contributed by atoms with Crippen LogP contribution in [0.4, 0.5) is 0 Å². The van der Waals surface area contributed by atoms with Crippen LogP contribution in [0.3, 0.4) is 0 Å². The molecule has 172 valence electrons. The standard InChI is InChI=1S/C26H29N3O4/c1-18(24(30)27-2)29(25(31)21-15-23(33-4)26(32)28(3)16-21)17-22(19-11-7-5-8-12-19)20-13-9-6-10-14-20/h5-16,18,22H,17H2,1-4H3,(H,27,30). The van der Waals surface area contributed by atoms with Crippen LogP contribution >= 0.6 is 0 Å². The van der Waals surface area contributed by atoms with E-state index in [1.54, 1.807) is 25.9 Å². The molecule has 0 bridgehead atoms. The lowest BCUT2D eigenvalue weighted by atomic mass is 9.90. The first-order chi connectivity index (χ1) is 15.9. The van der Waals surface area contributed by atoms with Crippen molar-refractivity contribution < 1.29 is 14.3 Å². The molecule has 0 fully saturated rings. The van der Waals surface area contributed by atoms with E-state index < -0.39 is 6.04 Å². The van der Waals surface area contributed by atoms with E-state index >= 15 is 0 Å². The zero-order valence-corrected chi connectivity index (χ0v) is 19.3. The molecule has 1 unspecified atom stereocenters. The summed E-state index contributed by atoms with van der Waals surface area (Å²) in [5.74, 6) is -0.728. The second-order valence-corrected chi connectivity index (χ2v) is 7.83. The molecular formula is C26H29N3O4. The summed E-state index contributed by atoms with van der Waals surface area (Å²) < 4.78 is 6.47. The second-order valence-electron chi connectivity index (χ2n) is 7.83. The molecule has 7 nitrogen and oxygen atoms in total. The van der Waals surface area contributed by atoms with Crippen molar-refractivity contribution in [1.82, 2.24) is 14.8 Å². The van der Waals surface area contributed by atoms with Gasteiger partial charge in [-0.15, -0.1) is 0 Å². The normalized spacial score (nSPS) is 11.7. The monoisotopic (exact) mass is 447 g/mol. The number of amides is 2. The SMILES string of the molecule is CNC(=O)C(C)N(CC(c1ccccc1)c1ccccc1)C(=O)c1cc(OC)c(=O)n(C)c1. The summed E-state index contributed by atoms with van der Waals surface area (Å²) in [5, 5.41) is 2.63. The molecule has 3 aromatic rings. The third-order valence-electron chi connectivity index (χ3n) is 5.75. The van der Waals surface area contributed by atoms with Crippen LogP contribution in [0.5, 0.6) is 5.75 Å². The summed E-state index contributed by atoms with van der Waals surface area (Å²) in [6, 6.07) is 20.5. The lowest BCUT2D eigenvalue weighted by Gasteiger charge is -2.32. The minimum atomic E-state index is -0.736. The van der Waals surface area contributed by atoms with E-state index in [9.17, 15) is 14.4 Å². The van der Waals surface area contributed by atoms with Crippen LogP contribution in [-0.4, -0.2) is 48.0 Å². The van der Waals surface area contributed by atoms with Crippen LogP contribution in [0, 0.1) is 0 Å². The summed E-state index contributed by atoms with van der Waals surface area (Å²) in [7, 11) is 4.49. The number of benzene rings is 2. The van der Waals surface area contributed by atoms with Gasteiger partial charge in [-0.3, -0.25) is 14.4 Å². The van der Waals surface area contributed by atoms with E-state index in [4.69, 9.17) is 4.74 Å². The van der Waals surface area contributed by atoms with Crippen molar-refractivity contribution in [3.63, 3.8) is 0 Å². The van der Waals surface area contributed by atoms with Gasteiger partial charge in [0.15, 0.2) is 5.75 Å². The second kappa shape index (κ2) is 10.6. The van der Waals surface area contributed by atoms with Gasteiger partial charge in [0.1, 0.15) is 6.04 Å². The minimum Gasteiger partial charge on any atom is -0.491 e. The molecule has 2 amide bonds. The minimum absolute atomic E-state index is 0.0681. The first-order valence-corrected chi connectivity index (χ1v) is 10.7. The average Bonchev–Trinajstić information content (AvgIpc) is 2.86. The van der Waals surface area contributed by atoms with E-state index in [1.165, 1.54) is 23.9 Å². The average molecular weight is 448 g/mol. The Morgan fingerprint density at radius 2 is 1.58 bits per heavy atom. The Balaban J connectivity index is 2.08. The Bertz CT molecular complexity index is 1120. The van der Waals surface area contributed by atoms with Gasteiger partial charge in [0, 0.05) is 38.8 Å². The molecule has 0 aliphatic carbocycles. The first kappa shape index (κ1) is 23.8. The number of rotatable bonds is 8. The maximum absolute atomic E-state index is 13.7. The third-order valence-corrected chi connectivity index (χ3v) is 5.75.